The maximum Gasteiger partial charge on any atom is 0.269 e. The van der Waals surface area contributed by atoms with E-state index < -0.39 is 0 Å². The molecule has 0 unspecified atom stereocenters. The van der Waals surface area contributed by atoms with E-state index in [9.17, 15) is 4.79 Å². The average molecular weight is 293 g/mol. The number of carbonyl (C=O) groups is 1. The molecule has 5 nitrogen and oxygen atoms in total. The summed E-state index contributed by atoms with van der Waals surface area (Å²) in [6, 6.07) is 2.13. The third kappa shape index (κ3) is 3.84. The van der Waals surface area contributed by atoms with Crippen LogP contribution in [0, 0.1) is 5.92 Å². The number of aryl methyl sites for hydroxylation is 1. The Morgan fingerprint density at radius 2 is 2.10 bits per heavy atom. The van der Waals surface area contributed by atoms with Crippen LogP contribution in [-0.4, -0.2) is 33.4 Å². The fourth-order valence-electron chi connectivity index (χ4n) is 2.89. The number of nitrogens with one attached hydrogen (secondary N) is 1. The van der Waals surface area contributed by atoms with E-state index in [0.29, 0.717) is 24.1 Å². The van der Waals surface area contributed by atoms with E-state index >= 15 is 0 Å². The van der Waals surface area contributed by atoms with Crippen molar-refractivity contribution in [3.05, 3.63) is 17.5 Å². The molecule has 1 heterocycles. The number of hydrogen-bond donors (Lipinski definition) is 2. The van der Waals surface area contributed by atoms with Crippen LogP contribution in [0.5, 0.6) is 0 Å². The van der Waals surface area contributed by atoms with Gasteiger partial charge in [-0.1, -0.05) is 13.8 Å². The summed E-state index contributed by atoms with van der Waals surface area (Å²) in [6.07, 6.45) is 3.89. The molecule has 1 fully saturated rings. The number of amides is 1. The van der Waals surface area contributed by atoms with E-state index in [2.05, 4.69) is 24.3 Å². The van der Waals surface area contributed by atoms with Crippen LogP contribution >= 0.6 is 0 Å². The van der Waals surface area contributed by atoms with E-state index in [1.54, 1.807) is 4.68 Å². The van der Waals surface area contributed by atoms with Gasteiger partial charge in [0, 0.05) is 19.2 Å². The molecule has 1 aromatic rings. The fraction of sp³-hybridized carbons (Fsp3) is 0.750. The van der Waals surface area contributed by atoms with Crippen LogP contribution in [0.2, 0.25) is 0 Å². The fourth-order valence-corrected chi connectivity index (χ4v) is 2.89. The molecule has 0 radical (unpaired) electrons. The zero-order valence-corrected chi connectivity index (χ0v) is 13.3. The number of carbonyl (C=O) groups excluding carboxylic acids is 1. The Morgan fingerprint density at radius 3 is 2.62 bits per heavy atom. The van der Waals surface area contributed by atoms with E-state index in [-0.39, 0.29) is 18.6 Å². The maximum absolute atomic E-state index is 12.5. The van der Waals surface area contributed by atoms with Crippen molar-refractivity contribution in [2.75, 3.05) is 6.61 Å². The van der Waals surface area contributed by atoms with Crippen molar-refractivity contribution in [3.8, 4) is 0 Å². The maximum atomic E-state index is 12.5. The highest BCUT2D eigenvalue weighted by Crippen LogP contribution is 2.24. The number of nitrogens with zero attached hydrogens (tertiary/aromatic N) is 2. The SMILES string of the molecule is CCn1nc(C(C)C)cc1C(=O)NC1CCC(CO)CC1. The largest absolute Gasteiger partial charge is 0.396 e. The molecule has 1 aliphatic rings. The molecule has 1 aliphatic carbocycles. The van der Waals surface area contributed by atoms with Crippen LogP contribution < -0.4 is 5.32 Å². The lowest BCUT2D eigenvalue weighted by Gasteiger charge is -2.27. The molecule has 2 rings (SSSR count). The third-order valence-electron chi connectivity index (χ3n) is 4.36. The number of aliphatic hydroxyl groups is 1. The summed E-state index contributed by atoms with van der Waals surface area (Å²) >= 11 is 0. The highest BCUT2D eigenvalue weighted by atomic mass is 16.3. The lowest BCUT2D eigenvalue weighted by atomic mass is 9.86. The van der Waals surface area contributed by atoms with Crippen LogP contribution in [0.15, 0.2) is 6.07 Å². The summed E-state index contributed by atoms with van der Waals surface area (Å²) in [5.41, 5.74) is 1.62. The van der Waals surface area contributed by atoms with Crippen molar-refractivity contribution >= 4 is 5.91 Å². The van der Waals surface area contributed by atoms with Crippen molar-refractivity contribution in [1.82, 2.24) is 15.1 Å². The van der Waals surface area contributed by atoms with Gasteiger partial charge < -0.3 is 10.4 Å². The lowest BCUT2D eigenvalue weighted by molar-refractivity contribution is 0.0903. The molecule has 0 atom stereocenters. The van der Waals surface area contributed by atoms with Crippen molar-refractivity contribution < 1.29 is 9.90 Å². The Morgan fingerprint density at radius 1 is 1.43 bits per heavy atom. The molecule has 118 valence electrons. The number of hydrogen-bond acceptors (Lipinski definition) is 3. The van der Waals surface area contributed by atoms with Gasteiger partial charge in [0.2, 0.25) is 0 Å². The molecule has 2 N–H and O–H groups in total. The van der Waals surface area contributed by atoms with E-state index in [1.807, 2.05) is 13.0 Å². The average Bonchev–Trinajstić information content (AvgIpc) is 2.92. The number of aliphatic hydroxyl groups excluding tert-OH is 1. The number of aromatic nitrogens is 2. The molecular weight excluding hydrogens is 266 g/mol. The topological polar surface area (TPSA) is 67.2 Å². The Labute approximate surface area is 126 Å². The highest BCUT2D eigenvalue weighted by molar-refractivity contribution is 5.92. The molecule has 1 saturated carbocycles. The molecule has 1 aromatic heterocycles. The smallest absolute Gasteiger partial charge is 0.269 e. The predicted molar refractivity (Wildman–Crippen MR) is 82.3 cm³/mol. The van der Waals surface area contributed by atoms with Gasteiger partial charge in [0.25, 0.3) is 5.91 Å². The Bertz CT molecular complexity index is 474. The van der Waals surface area contributed by atoms with Crippen molar-refractivity contribution in [3.63, 3.8) is 0 Å². The molecule has 0 bridgehead atoms. The molecule has 21 heavy (non-hydrogen) atoms. The van der Waals surface area contributed by atoms with E-state index in [1.165, 1.54) is 0 Å². The van der Waals surface area contributed by atoms with Gasteiger partial charge in [-0.25, -0.2) is 0 Å². The predicted octanol–water partition coefficient (Wildman–Crippen LogP) is 2.31. The summed E-state index contributed by atoms with van der Waals surface area (Å²) in [5, 5.41) is 16.8. The molecule has 0 aliphatic heterocycles. The van der Waals surface area contributed by atoms with Crippen LogP contribution in [0.1, 0.15) is 68.6 Å². The third-order valence-corrected chi connectivity index (χ3v) is 4.36. The Balaban J connectivity index is 2.00. The first-order valence-electron chi connectivity index (χ1n) is 8.04. The van der Waals surface area contributed by atoms with Gasteiger partial charge >= 0.3 is 0 Å². The van der Waals surface area contributed by atoms with Gasteiger partial charge in [-0.05, 0) is 50.5 Å². The molecule has 0 spiro atoms. The molecular formula is C16H27N3O2. The zero-order chi connectivity index (χ0) is 15.4. The second-order valence-electron chi connectivity index (χ2n) is 6.30. The standard InChI is InChI=1S/C16H27N3O2/c1-4-19-15(9-14(18-19)11(2)3)16(21)17-13-7-5-12(10-20)6-8-13/h9,11-13,20H,4-8,10H2,1-3H3,(H,17,21). The highest BCUT2D eigenvalue weighted by Gasteiger charge is 2.24. The van der Waals surface area contributed by atoms with Crippen LogP contribution in [0.3, 0.4) is 0 Å². The molecule has 0 aromatic carbocycles. The van der Waals surface area contributed by atoms with Crippen LogP contribution in [0.25, 0.3) is 0 Å². The van der Waals surface area contributed by atoms with Crippen LogP contribution in [-0.2, 0) is 6.54 Å². The van der Waals surface area contributed by atoms with Crippen molar-refractivity contribution in [1.29, 1.82) is 0 Å². The first-order chi connectivity index (χ1) is 10.0. The Hall–Kier alpha value is -1.36. The monoisotopic (exact) mass is 293 g/mol. The molecule has 0 saturated heterocycles. The van der Waals surface area contributed by atoms with E-state index in [4.69, 9.17) is 5.11 Å². The summed E-state index contributed by atoms with van der Waals surface area (Å²) in [6.45, 7) is 7.13. The molecule has 5 heteroatoms. The van der Waals surface area contributed by atoms with Gasteiger partial charge in [0.05, 0.1) is 5.69 Å². The van der Waals surface area contributed by atoms with Gasteiger partial charge in [-0.2, -0.15) is 5.10 Å². The van der Waals surface area contributed by atoms with E-state index in [0.717, 1.165) is 31.4 Å². The van der Waals surface area contributed by atoms with Crippen molar-refractivity contribution in [2.24, 2.45) is 5.92 Å². The van der Waals surface area contributed by atoms with Gasteiger partial charge in [-0.15, -0.1) is 0 Å². The minimum Gasteiger partial charge on any atom is -0.396 e. The lowest BCUT2D eigenvalue weighted by Crippen LogP contribution is -2.38. The number of rotatable bonds is 5. The summed E-state index contributed by atoms with van der Waals surface area (Å²) in [4.78, 5) is 12.5. The van der Waals surface area contributed by atoms with Crippen LogP contribution in [0.4, 0.5) is 0 Å². The first-order valence-corrected chi connectivity index (χ1v) is 8.04. The van der Waals surface area contributed by atoms with Gasteiger partial charge in [-0.3, -0.25) is 9.48 Å². The summed E-state index contributed by atoms with van der Waals surface area (Å²) in [5.74, 6) is 0.708. The minimum absolute atomic E-state index is 0.0244. The Kier molecular flexibility index (Phi) is 5.39. The normalized spacial score (nSPS) is 22.5. The minimum atomic E-state index is -0.0244. The molecule has 1 amide bonds. The first kappa shape index (κ1) is 16.0. The van der Waals surface area contributed by atoms with Crippen molar-refractivity contribution in [2.45, 2.75) is 65.0 Å². The second kappa shape index (κ2) is 7.07. The summed E-state index contributed by atoms with van der Waals surface area (Å²) in [7, 11) is 0. The summed E-state index contributed by atoms with van der Waals surface area (Å²) < 4.78 is 1.78. The van der Waals surface area contributed by atoms with Gasteiger partial charge in [0.15, 0.2) is 0 Å². The van der Waals surface area contributed by atoms with Gasteiger partial charge in [0.1, 0.15) is 5.69 Å². The second-order valence-corrected chi connectivity index (χ2v) is 6.30. The zero-order valence-electron chi connectivity index (χ0n) is 13.3. The quantitative estimate of drug-likeness (QED) is 0.875.